The average Bonchev–Trinajstić information content (AvgIpc) is 2.30. The van der Waals surface area contributed by atoms with E-state index in [0.717, 1.165) is 0 Å². The number of non-ortho nitro benzene ring substituents is 1. The summed E-state index contributed by atoms with van der Waals surface area (Å²) in [6.07, 6.45) is 1.30. The van der Waals surface area contributed by atoms with E-state index in [1.165, 1.54) is 18.3 Å². The fourth-order valence-electron chi connectivity index (χ4n) is 1.46. The molecule has 84 valence electrons. The second-order valence-electron chi connectivity index (χ2n) is 3.25. The summed E-state index contributed by atoms with van der Waals surface area (Å²) in [6, 6.07) is 4.28. The van der Waals surface area contributed by atoms with Crippen LogP contribution in [0.15, 0.2) is 23.1 Å². The molecule has 1 aromatic heterocycles. The second kappa shape index (κ2) is 4.14. The molecule has 1 aromatic carbocycles. The van der Waals surface area contributed by atoms with Gasteiger partial charge in [0, 0.05) is 21.9 Å². The molecule has 1 N–H and O–H groups in total. The lowest BCUT2D eigenvalue weighted by molar-refractivity contribution is -0.384. The van der Waals surface area contributed by atoms with Gasteiger partial charge in [0.2, 0.25) is 5.43 Å². The number of nitrogens with one attached hydrogen (secondary N) is 1. The van der Waals surface area contributed by atoms with E-state index in [1.54, 1.807) is 6.07 Å². The number of hydrogen-bond donors (Lipinski definition) is 1. The SMILES string of the molecule is N#Cc1c[nH]c2c(I)cc([N+](=O)[O-])cc2c1=O. The number of aromatic amines is 1. The monoisotopic (exact) mass is 341 g/mol. The Kier molecular flexibility index (Phi) is 2.81. The van der Waals surface area contributed by atoms with Crippen LogP contribution in [0, 0.1) is 25.0 Å². The number of aromatic nitrogens is 1. The van der Waals surface area contributed by atoms with Crippen LogP contribution >= 0.6 is 22.6 Å². The minimum Gasteiger partial charge on any atom is -0.359 e. The third kappa shape index (κ3) is 1.87. The molecule has 0 radical (unpaired) electrons. The normalized spacial score (nSPS) is 10.1. The number of nitro benzene ring substituents is 1. The van der Waals surface area contributed by atoms with Gasteiger partial charge in [0.05, 0.1) is 15.8 Å². The van der Waals surface area contributed by atoms with E-state index < -0.39 is 10.4 Å². The molecule has 0 spiro atoms. The smallest absolute Gasteiger partial charge is 0.271 e. The molecule has 0 saturated carbocycles. The van der Waals surface area contributed by atoms with Crippen molar-refractivity contribution in [3.8, 4) is 6.07 Å². The molecule has 0 amide bonds. The maximum absolute atomic E-state index is 11.8. The highest BCUT2D eigenvalue weighted by atomic mass is 127. The molecule has 0 bridgehead atoms. The van der Waals surface area contributed by atoms with Crippen LogP contribution in [0.5, 0.6) is 0 Å². The first-order chi connectivity index (χ1) is 8.04. The largest absolute Gasteiger partial charge is 0.359 e. The number of nitriles is 1. The number of benzene rings is 1. The first kappa shape index (κ1) is 11.5. The number of rotatable bonds is 1. The molecule has 0 saturated heterocycles. The van der Waals surface area contributed by atoms with Gasteiger partial charge in [-0.3, -0.25) is 14.9 Å². The lowest BCUT2D eigenvalue weighted by Gasteiger charge is -2.01. The van der Waals surface area contributed by atoms with E-state index in [9.17, 15) is 14.9 Å². The zero-order valence-corrected chi connectivity index (χ0v) is 10.4. The van der Waals surface area contributed by atoms with E-state index in [4.69, 9.17) is 5.26 Å². The van der Waals surface area contributed by atoms with Crippen LogP contribution in [0.1, 0.15) is 5.56 Å². The molecular formula is C10H4IN3O3. The molecule has 0 aliphatic heterocycles. The van der Waals surface area contributed by atoms with Gasteiger partial charge < -0.3 is 4.98 Å². The predicted octanol–water partition coefficient (Wildman–Crippen LogP) is 1.91. The van der Waals surface area contributed by atoms with Crippen LogP contribution in [0.3, 0.4) is 0 Å². The Morgan fingerprint density at radius 2 is 2.18 bits per heavy atom. The van der Waals surface area contributed by atoms with Crippen LogP contribution in [-0.2, 0) is 0 Å². The summed E-state index contributed by atoms with van der Waals surface area (Å²) in [6.45, 7) is 0. The maximum atomic E-state index is 11.8. The molecule has 17 heavy (non-hydrogen) atoms. The van der Waals surface area contributed by atoms with E-state index in [0.29, 0.717) is 9.09 Å². The summed E-state index contributed by atoms with van der Waals surface area (Å²) in [4.78, 5) is 24.7. The lowest BCUT2D eigenvalue weighted by Crippen LogP contribution is -2.08. The highest BCUT2D eigenvalue weighted by Gasteiger charge is 2.14. The van der Waals surface area contributed by atoms with Crippen molar-refractivity contribution in [1.82, 2.24) is 4.98 Å². The summed E-state index contributed by atoms with van der Waals surface area (Å²) in [5, 5.41) is 19.6. The van der Waals surface area contributed by atoms with Crippen molar-refractivity contribution in [1.29, 1.82) is 5.26 Å². The molecule has 2 rings (SSSR count). The van der Waals surface area contributed by atoms with E-state index in [-0.39, 0.29) is 16.6 Å². The van der Waals surface area contributed by atoms with Gasteiger partial charge in [-0.1, -0.05) is 0 Å². The molecule has 0 aliphatic carbocycles. The topological polar surface area (TPSA) is 99.8 Å². The summed E-state index contributed by atoms with van der Waals surface area (Å²) in [5.74, 6) is 0. The Morgan fingerprint density at radius 3 is 2.76 bits per heavy atom. The zero-order valence-electron chi connectivity index (χ0n) is 8.23. The van der Waals surface area contributed by atoms with E-state index >= 15 is 0 Å². The van der Waals surface area contributed by atoms with E-state index in [1.807, 2.05) is 22.6 Å². The first-order valence-electron chi connectivity index (χ1n) is 4.44. The average molecular weight is 341 g/mol. The number of nitro groups is 1. The van der Waals surface area contributed by atoms with Gasteiger partial charge in [0.1, 0.15) is 11.6 Å². The molecule has 6 nitrogen and oxygen atoms in total. The van der Waals surface area contributed by atoms with Crippen molar-refractivity contribution in [2.75, 3.05) is 0 Å². The van der Waals surface area contributed by atoms with Gasteiger partial charge in [-0.25, -0.2) is 0 Å². The number of halogens is 1. The fraction of sp³-hybridized carbons (Fsp3) is 0. The number of nitrogens with zero attached hydrogens (tertiary/aromatic N) is 2. The van der Waals surface area contributed by atoms with Gasteiger partial charge in [-0.15, -0.1) is 0 Å². The van der Waals surface area contributed by atoms with Crippen molar-refractivity contribution < 1.29 is 4.92 Å². The summed E-state index contributed by atoms with van der Waals surface area (Å²) in [7, 11) is 0. The van der Waals surface area contributed by atoms with Crippen molar-refractivity contribution in [3.63, 3.8) is 0 Å². The second-order valence-corrected chi connectivity index (χ2v) is 4.41. The highest BCUT2D eigenvalue weighted by molar-refractivity contribution is 14.1. The van der Waals surface area contributed by atoms with Gasteiger partial charge >= 0.3 is 0 Å². The van der Waals surface area contributed by atoms with Crippen molar-refractivity contribution in [3.05, 3.63) is 47.8 Å². The van der Waals surface area contributed by atoms with Crippen molar-refractivity contribution in [2.24, 2.45) is 0 Å². The van der Waals surface area contributed by atoms with Crippen LogP contribution in [0.4, 0.5) is 5.69 Å². The molecular weight excluding hydrogens is 337 g/mol. The summed E-state index contributed by atoms with van der Waals surface area (Å²) in [5.41, 5.74) is -0.223. The molecule has 7 heteroatoms. The third-order valence-corrected chi connectivity index (χ3v) is 3.11. The number of fused-ring (bicyclic) bond motifs is 1. The minimum atomic E-state index is -0.569. The number of hydrogen-bond acceptors (Lipinski definition) is 4. The van der Waals surface area contributed by atoms with Crippen molar-refractivity contribution in [2.45, 2.75) is 0 Å². The van der Waals surface area contributed by atoms with Crippen LogP contribution < -0.4 is 5.43 Å². The fourth-order valence-corrected chi connectivity index (χ4v) is 2.23. The summed E-state index contributed by atoms with van der Waals surface area (Å²) < 4.78 is 0.563. The van der Waals surface area contributed by atoms with Crippen LogP contribution in [-0.4, -0.2) is 9.91 Å². The standard InChI is InChI=1S/C10H4IN3O3/c11-8-2-6(14(16)17)1-7-9(8)13-4-5(3-12)10(7)15/h1-2,4H,(H,13,15). The first-order valence-corrected chi connectivity index (χ1v) is 5.52. The zero-order chi connectivity index (χ0) is 12.6. The molecule has 0 aliphatic rings. The number of pyridine rings is 1. The maximum Gasteiger partial charge on any atom is 0.271 e. The molecule has 0 atom stereocenters. The van der Waals surface area contributed by atoms with Gasteiger partial charge in [0.15, 0.2) is 0 Å². The van der Waals surface area contributed by atoms with Crippen LogP contribution in [0.2, 0.25) is 0 Å². The van der Waals surface area contributed by atoms with Crippen LogP contribution in [0.25, 0.3) is 10.9 Å². The third-order valence-electron chi connectivity index (χ3n) is 2.26. The molecule has 0 fully saturated rings. The van der Waals surface area contributed by atoms with Gasteiger partial charge in [0.25, 0.3) is 5.69 Å². The Labute approximate surface area is 108 Å². The van der Waals surface area contributed by atoms with Gasteiger partial charge in [-0.05, 0) is 22.6 Å². The quantitative estimate of drug-likeness (QED) is 0.486. The minimum absolute atomic E-state index is 0.0613. The molecule has 1 heterocycles. The summed E-state index contributed by atoms with van der Waals surface area (Å²) >= 11 is 1.90. The van der Waals surface area contributed by atoms with Crippen molar-refractivity contribution >= 4 is 39.2 Å². The Hall–Kier alpha value is -1.95. The van der Waals surface area contributed by atoms with E-state index in [2.05, 4.69) is 4.98 Å². The Morgan fingerprint density at radius 1 is 1.47 bits per heavy atom. The van der Waals surface area contributed by atoms with Gasteiger partial charge in [-0.2, -0.15) is 5.26 Å². The Balaban J connectivity index is 2.95. The highest BCUT2D eigenvalue weighted by Crippen LogP contribution is 2.23. The molecule has 2 aromatic rings. The Bertz CT molecular complexity index is 730. The number of H-pyrrole nitrogens is 1. The molecule has 0 unspecified atom stereocenters. The predicted molar refractivity (Wildman–Crippen MR) is 68.7 cm³/mol. The lowest BCUT2D eigenvalue weighted by atomic mass is 10.1.